The van der Waals surface area contributed by atoms with Gasteiger partial charge in [0.05, 0.1) is 12.7 Å². The van der Waals surface area contributed by atoms with Crippen LogP contribution in [0.15, 0.2) is 42.1 Å². The van der Waals surface area contributed by atoms with Crippen LogP contribution in [0.4, 0.5) is 0 Å². The van der Waals surface area contributed by atoms with Gasteiger partial charge in [-0.1, -0.05) is 24.8 Å². The fraction of sp³-hybridized carbons (Fsp3) is 0.500. The molecule has 3 rings (SSSR count). The van der Waals surface area contributed by atoms with E-state index in [4.69, 9.17) is 4.74 Å². The lowest BCUT2D eigenvalue weighted by atomic mass is 10.1. The van der Waals surface area contributed by atoms with Gasteiger partial charge in [0.15, 0.2) is 5.16 Å². The highest BCUT2D eigenvalue weighted by atomic mass is 32.2. The van der Waals surface area contributed by atoms with Crippen molar-refractivity contribution in [2.75, 3.05) is 18.8 Å². The molecule has 0 radical (unpaired) electrons. The summed E-state index contributed by atoms with van der Waals surface area (Å²) in [5, 5.41) is 0.865. The predicted molar refractivity (Wildman–Crippen MR) is 95.8 cm³/mol. The Labute approximate surface area is 147 Å². The third-order valence-electron chi connectivity index (χ3n) is 4.10. The van der Waals surface area contributed by atoms with E-state index in [0.29, 0.717) is 12.7 Å². The lowest BCUT2D eigenvalue weighted by Crippen LogP contribution is -2.36. The van der Waals surface area contributed by atoms with Crippen molar-refractivity contribution in [3.63, 3.8) is 0 Å². The average molecular weight is 344 g/mol. The molecular formula is C18H24N4OS. The number of thioether (sulfide) groups is 1. The second-order valence-electron chi connectivity index (χ2n) is 5.95. The summed E-state index contributed by atoms with van der Waals surface area (Å²) in [6.45, 7) is 5.81. The second kappa shape index (κ2) is 9.11. The van der Waals surface area contributed by atoms with E-state index in [-0.39, 0.29) is 0 Å². The van der Waals surface area contributed by atoms with E-state index >= 15 is 0 Å². The summed E-state index contributed by atoms with van der Waals surface area (Å²) < 4.78 is 6.02. The first-order valence-electron chi connectivity index (χ1n) is 8.50. The van der Waals surface area contributed by atoms with Crippen LogP contribution in [-0.4, -0.2) is 44.8 Å². The van der Waals surface area contributed by atoms with Gasteiger partial charge in [-0.25, -0.2) is 9.97 Å². The topological polar surface area (TPSA) is 51.1 Å². The van der Waals surface area contributed by atoms with Crippen LogP contribution < -0.4 is 0 Å². The second-order valence-corrected chi connectivity index (χ2v) is 7.19. The van der Waals surface area contributed by atoms with Crippen molar-refractivity contribution in [3.05, 3.63) is 48.0 Å². The molecule has 0 atom stereocenters. The molecule has 2 aromatic heterocycles. The molecule has 1 aliphatic rings. The van der Waals surface area contributed by atoms with Gasteiger partial charge < -0.3 is 4.74 Å². The van der Waals surface area contributed by atoms with Crippen LogP contribution in [0, 0.1) is 0 Å². The number of aromatic nitrogens is 3. The van der Waals surface area contributed by atoms with Crippen LogP contribution in [0.25, 0.3) is 0 Å². The lowest BCUT2D eigenvalue weighted by molar-refractivity contribution is -0.00407. The Balaban J connectivity index is 1.40. The standard InChI is InChI=1S/C18H24N4OS/c1-2-24-18-20-11-16(12-21-18)13-22-8-5-17(6-9-22)23-14-15-4-3-7-19-10-15/h3-4,7,10-12,17H,2,5-6,8-9,13-14H2,1H3. The number of hydrogen-bond acceptors (Lipinski definition) is 6. The molecule has 0 amide bonds. The molecular weight excluding hydrogens is 320 g/mol. The number of nitrogens with zero attached hydrogens (tertiary/aromatic N) is 4. The van der Waals surface area contributed by atoms with Crippen LogP contribution in [0.2, 0.25) is 0 Å². The van der Waals surface area contributed by atoms with Gasteiger partial charge >= 0.3 is 0 Å². The summed E-state index contributed by atoms with van der Waals surface area (Å²) in [7, 11) is 0. The summed E-state index contributed by atoms with van der Waals surface area (Å²) >= 11 is 1.68. The zero-order valence-corrected chi connectivity index (χ0v) is 14.9. The normalized spacial score (nSPS) is 16.4. The van der Waals surface area contributed by atoms with Crippen LogP contribution in [0.3, 0.4) is 0 Å². The zero-order valence-electron chi connectivity index (χ0n) is 14.1. The number of piperidine rings is 1. The molecule has 1 aliphatic heterocycles. The summed E-state index contributed by atoms with van der Waals surface area (Å²) in [5.41, 5.74) is 2.33. The summed E-state index contributed by atoms with van der Waals surface area (Å²) in [6, 6.07) is 4.01. The molecule has 0 aromatic carbocycles. The molecule has 1 fully saturated rings. The van der Waals surface area contributed by atoms with Crippen molar-refractivity contribution in [1.82, 2.24) is 19.9 Å². The van der Waals surface area contributed by atoms with Crippen LogP contribution in [0.1, 0.15) is 30.9 Å². The van der Waals surface area contributed by atoms with Crippen molar-refractivity contribution in [2.24, 2.45) is 0 Å². The fourth-order valence-electron chi connectivity index (χ4n) is 2.82. The van der Waals surface area contributed by atoms with Gasteiger partial charge in [-0.05, 0) is 30.2 Å². The van der Waals surface area contributed by atoms with Gasteiger partial charge in [-0.15, -0.1) is 0 Å². The van der Waals surface area contributed by atoms with Crippen LogP contribution >= 0.6 is 11.8 Å². The lowest BCUT2D eigenvalue weighted by Gasteiger charge is -2.31. The number of rotatable bonds is 7. The molecule has 6 heteroatoms. The molecule has 0 aliphatic carbocycles. The SMILES string of the molecule is CCSc1ncc(CN2CCC(OCc3cccnc3)CC2)cn1. The zero-order chi connectivity index (χ0) is 16.6. The number of hydrogen-bond donors (Lipinski definition) is 0. The van der Waals surface area contributed by atoms with Crippen molar-refractivity contribution in [3.8, 4) is 0 Å². The van der Waals surface area contributed by atoms with Gasteiger partial charge in [-0.2, -0.15) is 0 Å². The minimum absolute atomic E-state index is 0.348. The van der Waals surface area contributed by atoms with Gasteiger partial charge in [0.2, 0.25) is 0 Å². The van der Waals surface area contributed by atoms with Gasteiger partial charge in [0, 0.05) is 50.0 Å². The molecule has 0 spiro atoms. The Morgan fingerprint density at radius 2 is 1.96 bits per heavy atom. The van der Waals surface area contributed by atoms with E-state index in [1.165, 1.54) is 5.56 Å². The number of pyridine rings is 1. The highest BCUT2D eigenvalue weighted by molar-refractivity contribution is 7.99. The third kappa shape index (κ3) is 5.26. The van der Waals surface area contributed by atoms with Crippen LogP contribution in [0.5, 0.6) is 0 Å². The van der Waals surface area contributed by atoms with Gasteiger partial charge in [0.1, 0.15) is 0 Å². The molecule has 2 aromatic rings. The largest absolute Gasteiger partial charge is 0.373 e. The molecule has 0 bridgehead atoms. The molecule has 0 unspecified atom stereocenters. The monoisotopic (exact) mass is 344 g/mol. The maximum absolute atomic E-state index is 6.02. The Morgan fingerprint density at radius 3 is 2.62 bits per heavy atom. The van der Waals surface area contributed by atoms with Crippen molar-refractivity contribution >= 4 is 11.8 Å². The van der Waals surface area contributed by atoms with Gasteiger partial charge in [0.25, 0.3) is 0 Å². The van der Waals surface area contributed by atoms with Gasteiger partial charge in [-0.3, -0.25) is 9.88 Å². The minimum Gasteiger partial charge on any atom is -0.373 e. The predicted octanol–water partition coefficient (Wildman–Crippen LogP) is 3.16. The van der Waals surface area contributed by atoms with E-state index in [1.807, 2.05) is 24.7 Å². The molecule has 24 heavy (non-hydrogen) atoms. The van der Waals surface area contributed by atoms with E-state index in [2.05, 4.69) is 32.8 Å². The molecule has 128 valence electrons. The number of ether oxygens (including phenoxy) is 1. The summed E-state index contributed by atoms with van der Waals surface area (Å²) in [5.74, 6) is 1.01. The van der Waals surface area contributed by atoms with Crippen molar-refractivity contribution in [2.45, 2.75) is 44.2 Å². The maximum Gasteiger partial charge on any atom is 0.187 e. The first-order chi connectivity index (χ1) is 11.8. The Hall–Kier alpha value is -1.50. The molecule has 1 saturated heterocycles. The average Bonchev–Trinajstić information content (AvgIpc) is 2.64. The van der Waals surface area contributed by atoms with E-state index in [0.717, 1.165) is 48.9 Å². The molecule has 0 N–H and O–H groups in total. The summed E-state index contributed by atoms with van der Waals surface area (Å²) in [6.07, 6.45) is 10.1. The van der Waals surface area contributed by atoms with E-state index in [9.17, 15) is 0 Å². The van der Waals surface area contributed by atoms with E-state index in [1.54, 1.807) is 18.0 Å². The smallest absolute Gasteiger partial charge is 0.187 e. The Morgan fingerprint density at radius 1 is 1.17 bits per heavy atom. The first kappa shape index (κ1) is 17.3. The van der Waals surface area contributed by atoms with E-state index < -0.39 is 0 Å². The molecule has 5 nitrogen and oxygen atoms in total. The number of likely N-dealkylation sites (tertiary alicyclic amines) is 1. The Bertz CT molecular complexity index is 600. The maximum atomic E-state index is 6.02. The molecule has 3 heterocycles. The van der Waals surface area contributed by atoms with Crippen molar-refractivity contribution < 1.29 is 4.74 Å². The van der Waals surface area contributed by atoms with Crippen LogP contribution in [-0.2, 0) is 17.9 Å². The fourth-order valence-corrected chi connectivity index (χ4v) is 3.33. The molecule has 0 saturated carbocycles. The third-order valence-corrected chi connectivity index (χ3v) is 4.86. The minimum atomic E-state index is 0.348. The highest BCUT2D eigenvalue weighted by Crippen LogP contribution is 2.18. The highest BCUT2D eigenvalue weighted by Gasteiger charge is 2.20. The first-order valence-corrected chi connectivity index (χ1v) is 9.48. The summed E-state index contributed by atoms with van der Waals surface area (Å²) in [4.78, 5) is 15.4. The van der Waals surface area contributed by atoms with Crippen molar-refractivity contribution in [1.29, 1.82) is 0 Å². The Kier molecular flexibility index (Phi) is 6.57. The quantitative estimate of drug-likeness (QED) is 0.568.